The van der Waals surface area contributed by atoms with Gasteiger partial charge in [0.25, 0.3) is 5.91 Å². The van der Waals surface area contributed by atoms with Crippen molar-refractivity contribution in [2.24, 2.45) is 0 Å². The molecule has 1 saturated heterocycles. The molecule has 8 heteroatoms. The van der Waals surface area contributed by atoms with Crippen LogP contribution in [0.25, 0.3) is 5.69 Å². The number of amides is 1. The van der Waals surface area contributed by atoms with Crippen LogP contribution in [-0.2, 0) is 0 Å². The molecule has 144 valence electrons. The zero-order chi connectivity index (χ0) is 19.5. The van der Waals surface area contributed by atoms with Gasteiger partial charge in [-0.1, -0.05) is 18.2 Å². The van der Waals surface area contributed by atoms with Crippen LogP contribution in [0.1, 0.15) is 34.8 Å². The Hall–Kier alpha value is -3.29. The Bertz CT molecular complexity index is 952. The smallest absolute Gasteiger partial charge is 0.276 e. The molecule has 1 aliphatic rings. The van der Waals surface area contributed by atoms with Crippen LogP contribution >= 0.6 is 0 Å². The highest BCUT2D eigenvalue weighted by atomic mass is 16.5. The summed E-state index contributed by atoms with van der Waals surface area (Å²) in [5.74, 6) is 1.10. The summed E-state index contributed by atoms with van der Waals surface area (Å²) in [6, 6.07) is 11.3. The number of likely N-dealkylation sites (tertiary alicyclic amines) is 1. The molecule has 0 N–H and O–H groups in total. The average molecular weight is 378 g/mol. The first-order valence-corrected chi connectivity index (χ1v) is 9.34. The van der Waals surface area contributed by atoms with E-state index < -0.39 is 0 Å². The second-order valence-electron chi connectivity index (χ2n) is 6.88. The first kappa shape index (κ1) is 18.1. The predicted octanol–water partition coefficient (Wildman–Crippen LogP) is 2.36. The van der Waals surface area contributed by atoms with Gasteiger partial charge in [0.1, 0.15) is 11.9 Å². The minimum absolute atomic E-state index is 0.101. The number of benzene rings is 1. The van der Waals surface area contributed by atoms with Crippen molar-refractivity contribution in [2.75, 3.05) is 13.1 Å². The molecule has 0 saturated carbocycles. The molecule has 1 amide bonds. The molecule has 0 radical (unpaired) electrons. The van der Waals surface area contributed by atoms with E-state index in [-0.39, 0.29) is 12.0 Å². The number of rotatable bonds is 4. The molecular weight excluding hydrogens is 356 g/mol. The van der Waals surface area contributed by atoms with Crippen LogP contribution in [0, 0.1) is 13.8 Å². The number of para-hydroxylation sites is 1. The number of nitrogens with zero attached hydrogens (tertiary/aromatic N) is 6. The summed E-state index contributed by atoms with van der Waals surface area (Å²) in [5.41, 5.74) is 2.01. The number of hydrogen-bond donors (Lipinski definition) is 0. The zero-order valence-corrected chi connectivity index (χ0v) is 15.9. The van der Waals surface area contributed by atoms with Gasteiger partial charge in [0, 0.05) is 18.3 Å². The normalized spacial score (nSPS) is 16.8. The number of hydrogen-bond acceptors (Lipinski definition) is 6. The van der Waals surface area contributed by atoms with Gasteiger partial charge >= 0.3 is 0 Å². The maximum absolute atomic E-state index is 12.9. The minimum Gasteiger partial charge on any atom is -0.472 e. The van der Waals surface area contributed by atoms with E-state index >= 15 is 0 Å². The molecule has 0 spiro atoms. The topological polar surface area (TPSA) is 86.0 Å². The zero-order valence-electron chi connectivity index (χ0n) is 15.9. The Kier molecular flexibility index (Phi) is 5.01. The third kappa shape index (κ3) is 4.00. The highest BCUT2D eigenvalue weighted by Crippen LogP contribution is 2.19. The van der Waals surface area contributed by atoms with Gasteiger partial charge in [0.15, 0.2) is 5.69 Å². The Labute approximate surface area is 163 Å². The molecule has 8 nitrogen and oxygen atoms in total. The molecule has 28 heavy (non-hydrogen) atoms. The number of piperidine rings is 1. The Balaban J connectivity index is 1.44. The second kappa shape index (κ2) is 7.75. The van der Waals surface area contributed by atoms with Crippen LogP contribution in [0.5, 0.6) is 5.88 Å². The van der Waals surface area contributed by atoms with Gasteiger partial charge in [-0.05, 0) is 38.8 Å². The Morgan fingerprint density at radius 2 is 2.00 bits per heavy atom. The monoisotopic (exact) mass is 378 g/mol. The van der Waals surface area contributed by atoms with Gasteiger partial charge in [-0.2, -0.15) is 14.9 Å². The van der Waals surface area contributed by atoms with E-state index in [0.29, 0.717) is 30.5 Å². The van der Waals surface area contributed by atoms with Gasteiger partial charge in [0.05, 0.1) is 18.4 Å². The minimum atomic E-state index is -0.134. The van der Waals surface area contributed by atoms with Crippen LogP contribution in [-0.4, -0.2) is 55.0 Å². The quantitative estimate of drug-likeness (QED) is 0.693. The van der Waals surface area contributed by atoms with Gasteiger partial charge in [-0.25, -0.2) is 4.98 Å². The van der Waals surface area contributed by atoms with Gasteiger partial charge in [-0.15, -0.1) is 5.10 Å². The van der Waals surface area contributed by atoms with Crippen molar-refractivity contribution in [3.05, 3.63) is 59.8 Å². The van der Waals surface area contributed by atoms with E-state index in [1.54, 1.807) is 4.90 Å². The van der Waals surface area contributed by atoms with Crippen LogP contribution in [0.3, 0.4) is 0 Å². The second-order valence-corrected chi connectivity index (χ2v) is 6.88. The fraction of sp³-hybridized carbons (Fsp3) is 0.350. The molecule has 0 aliphatic carbocycles. The number of ether oxygens (including phenoxy) is 1. The van der Waals surface area contributed by atoms with Crippen molar-refractivity contribution in [2.45, 2.75) is 32.8 Å². The first-order valence-electron chi connectivity index (χ1n) is 9.34. The van der Waals surface area contributed by atoms with Crippen LogP contribution in [0.4, 0.5) is 0 Å². The summed E-state index contributed by atoms with van der Waals surface area (Å²) in [7, 11) is 0. The Morgan fingerprint density at radius 3 is 2.79 bits per heavy atom. The number of carbonyl (C=O) groups excluding carboxylic acids is 1. The third-order valence-electron chi connectivity index (χ3n) is 4.59. The summed E-state index contributed by atoms with van der Waals surface area (Å²) < 4.78 is 6.02. The lowest BCUT2D eigenvalue weighted by molar-refractivity contribution is 0.0521. The highest BCUT2D eigenvalue weighted by Gasteiger charge is 2.27. The number of aryl methyl sites for hydroxylation is 2. The van der Waals surface area contributed by atoms with E-state index in [1.165, 1.54) is 11.0 Å². The molecule has 1 aromatic carbocycles. The fourth-order valence-corrected chi connectivity index (χ4v) is 3.34. The van der Waals surface area contributed by atoms with Crippen molar-refractivity contribution < 1.29 is 9.53 Å². The van der Waals surface area contributed by atoms with E-state index in [1.807, 2.05) is 50.2 Å². The lowest BCUT2D eigenvalue weighted by atomic mass is 10.1. The summed E-state index contributed by atoms with van der Waals surface area (Å²) in [6.45, 7) is 4.93. The molecule has 1 atom stereocenters. The maximum atomic E-state index is 12.9. The van der Waals surface area contributed by atoms with Gasteiger partial charge in [0.2, 0.25) is 5.88 Å². The summed E-state index contributed by atoms with van der Waals surface area (Å²) in [6.07, 6.45) is 3.15. The largest absolute Gasteiger partial charge is 0.472 e. The third-order valence-corrected chi connectivity index (χ3v) is 4.59. The van der Waals surface area contributed by atoms with Crippen molar-refractivity contribution >= 4 is 5.91 Å². The van der Waals surface area contributed by atoms with Crippen LogP contribution < -0.4 is 4.74 Å². The molecule has 3 aromatic rings. The summed E-state index contributed by atoms with van der Waals surface area (Å²) in [5, 5.41) is 8.56. The lowest BCUT2D eigenvalue weighted by Gasteiger charge is -2.32. The van der Waals surface area contributed by atoms with Crippen molar-refractivity contribution in [3.63, 3.8) is 0 Å². The summed E-state index contributed by atoms with van der Waals surface area (Å²) in [4.78, 5) is 24.7. The van der Waals surface area contributed by atoms with Gasteiger partial charge in [-0.3, -0.25) is 4.79 Å². The molecule has 4 rings (SSSR count). The highest BCUT2D eigenvalue weighted by molar-refractivity contribution is 5.92. The lowest BCUT2D eigenvalue weighted by Crippen LogP contribution is -2.44. The fourth-order valence-electron chi connectivity index (χ4n) is 3.34. The van der Waals surface area contributed by atoms with Crippen molar-refractivity contribution in [3.8, 4) is 11.6 Å². The van der Waals surface area contributed by atoms with Crippen molar-refractivity contribution in [1.82, 2.24) is 29.9 Å². The standard InChI is InChI=1S/C20H22N6O2/c1-14-11-19(23-15(2)22-14)28-17-9-6-10-25(13-17)20(27)18-12-21-26(24-18)16-7-4-3-5-8-16/h3-5,7-8,11-12,17H,6,9-10,13H2,1-2H3. The van der Waals surface area contributed by atoms with E-state index in [2.05, 4.69) is 20.2 Å². The SMILES string of the molecule is Cc1cc(OC2CCCN(C(=O)c3cnn(-c4ccccc4)n3)C2)nc(C)n1. The van der Waals surface area contributed by atoms with E-state index in [9.17, 15) is 4.79 Å². The molecular formula is C20H22N6O2. The Morgan fingerprint density at radius 1 is 1.18 bits per heavy atom. The van der Waals surface area contributed by atoms with Crippen molar-refractivity contribution in [1.29, 1.82) is 0 Å². The van der Waals surface area contributed by atoms with Crippen LogP contribution in [0.2, 0.25) is 0 Å². The first-order chi connectivity index (χ1) is 13.6. The van der Waals surface area contributed by atoms with Crippen LogP contribution in [0.15, 0.2) is 42.6 Å². The number of carbonyl (C=O) groups is 1. The van der Waals surface area contributed by atoms with E-state index in [4.69, 9.17) is 4.74 Å². The predicted molar refractivity (Wildman–Crippen MR) is 102 cm³/mol. The maximum Gasteiger partial charge on any atom is 0.276 e. The average Bonchev–Trinajstić information content (AvgIpc) is 3.18. The number of aromatic nitrogens is 5. The molecule has 1 fully saturated rings. The molecule has 1 unspecified atom stereocenters. The molecule has 0 bridgehead atoms. The molecule has 3 heterocycles. The molecule has 2 aromatic heterocycles. The summed E-state index contributed by atoms with van der Waals surface area (Å²) >= 11 is 0. The molecule has 1 aliphatic heterocycles. The van der Waals surface area contributed by atoms with Gasteiger partial charge < -0.3 is 9.64 Å². The van der Waals surface area contributed by atoms with E-state index in [0.717, 1.165) is 24.2 Å².